The number of ether oxygens (including phenoxy) is 2. The Kier molecular flexibility index (Phi) is 7.02. The van der Waals surface area contributed by atoms with E-state index in [1.54, 1.807) is 12.1 Å². The van der Waals surface area contributed by atoms with E-state index in [1.165, 1.54) is 28.4 Å². The summed E-state index contributed by atoms with van der Waals surface area (Å²) in [4.78, 5) is 16.7. The highest BCUT2D eigenvalue weighted by Crippen LogP contribution is 2.45. The summed E-state index contributed by atoms with van der Waals surface area (Å²) in [5, 5.41) is 3.33. The number of halogens is 1. The number of aromatic nitrogens is 1. The number of nitrogens with zero attached hydrogens (tertiary/aromatic N) is 1. The molecular weight excluding hydrogens is 446 g/mol. The summed E-state index contributed by atoms with van der Waals surface area (Å²) in [6, 6.07) is 15.0. The molecule has 4 nitrogen and oxygen atoms in total. The van der Waals surface area contributed by atoms with Gasteiger partial charge < -0.3 is 9.47 Å². The zero-order valence-electron chi connectivity index (χ0n) is 15.4. The van der Waals surface area contributed by atoms with Crippen LogP contribution in [0.25, 0.3) is 0 Å². The van der Waals surface area contributed by atoms with Crippen LogP contribution in [0.1, 0.15) is 20.8 Å². The number of benzene rings is 2. The van der Waals surface area contributed by atoms with Crippen molar-refractivity contribution in [1.82, 2.24) is 4.98 Å². The number of hydrogen-bond acceptors (Lipinski definition) is 7. The maximum Gasteiger partial charge on any atom is 0.317 e. The molecule has 0 saturated carbocycles. The molecular formula is C21H18ClNO3S3. The zero-order chi connectivity index (χ0) is 20.1. The van der Waals surface area contributed by atoms with Crippen molar-refractivity contribution < 1.29 is 14.3 Å². The fraction of sp³-hybridized carbons (Fsp3) is 0.238. The van der Waals surface area contributed by atoms with Gasteiger partial charge >= 0.3 is 5.97 Å². The molecule has 1 fully saturated rings. The molecule has 0 bridgehead atoms. The number of rotatable bonds is 7. The first-order valence-corrected chi connectivity index (χ1v) is 12.4. The summed E-state index contributed by atoms with van der Waals surface area (Å²) < 4.78 is 11.6. The molecule has 0 unspecified atom stereocenters. The standard InChI is InChI=1S/C21H18ClNO3S3/c22-15-3-7-17(8-4-15)25-12-19-23-16(13-29-19)11-20(24)26-18-5-1-14(2-6-18)21-27-9-10-28-21/h1-8,13,21H,9-12H2. The third kappa shape index (κ3) is 5.92. The van der Waals surface area contributed by atoms with Gasteiger partial charge in [0.05, 0.1) is 16.7 Å². The van der Waals surface area contributed by atoms with Crippen molar-refractivity contribution in [2.24, 2.45) is 0 Å². The van der Waals surface area contributed by atoms with E-state index in [1.807, 2.05) is 65.3 Å². The molecule has 1 aromatic heterocycles. The molecule has 4 rings (SSSR count). The third-order valence-corrected chi connectivity index (χ3v) is 8.33. The largest absolute Gasteiger partial charge is 0.486 e. The van der Waals surface area contributed by atoms with Crippen LogP contribution < -0.4 is 9.47 Å². The molecule has 0 spiro atoms. The highest BCUT2D eigenvalue weighted by atomic mass is 35.5. The Labute approximate surface area is 187 Å². The second-order valence-corrected chi connectivity index (χ2v) is 10.4. The monoisotopic (exact) mass is 463 g/mol. The molecule has 150 valence electrons. The van der Waals surface area contributed by atoms with Gasteiger partial charge in [-0.05, 0) is 42.0 Å². The van der Waals surface area contributed by atoms with Crippen molar-refractivity contribution in [1.29, 1.82) is 0 Å². The molecule has 8 heteroatoms. The molecule has 0 atom stereocenters. The number of carbonyl (C=O) groups excluding carboxylic acids is 1. The Balaban J connectivity index is 1.27. The highest BCUT2D eigenvalue weighted by molar-refractivity contribution is 8.19. The minimum Gasteiger partial charge on any atom is -0.486 e. The van der Waals surface area contributed by atoms with Gasteiger partial charge in [0, 0.05) is 21.9 Å². The van der Waals surface area contributed by atoms with Crippen LogP contribution in [0.5, 0.6) is 11.5 Å². The minimum absolute atomic E-state index is 0.132. The van der Waals surface area contributed by atoms with Crippen LogP contribution in [-0.2, 0) is 17.8 Å². The van der Waals surface area contributed by atoms with E-state index in [0.717, 1.165) is 10.8 Å². The lowest BCUT2D eigenvalue weighted by molar-refractivity contribution is -0.133. The van der Waals surface area contributed by atoms with Gasteiger partial charge in [0.2, 0.25) is 0 Å². The van der Waals surface area contributed by atoms with Gasteiger partial charge in [-0.3, -0.25) is 4.79 Å². The Morgan fingerprint density at radius 2 is 1.72 bits per heavy atom. The molecule has 1 saturated heterocycles. The predicted molar refractivity (Wildman–Crippen MR) is 121 cm³/mol. The van der Waals surface area contributed by atoms with Gasteiger partial charge in [0.25, 0.3) is 0 Å². The fourth-order valence-electron chi connectivity index (χ4n) is 2.73. The van der Waals surface area contributed by atoms with Gasteiger partial charge in [0.1, 0.15) is 23.1 Å². The summed E-state index contributed by atoms with van der Waals surface area (Å²) in [6.45, 7) is 0.347. The van der Waals surface area contributed by atoms with E-state index in [9.17, 15) is 4.79 Å². The van der Waals surface area contributed by atoms with E-state index in [-0.39, 0.29) is 12.4 Å². The van der Waals surface area contributed by atoms with E-state index in [2.05, 4.69) is 4.98 Å². The van der Waals surface area contributed by atoms with E-state index < -0.39 is 0 Å². The van der Waals surface area contributed by atoms with Crippen LogP contribution >= 0.6 is 46.5 Å². The maximum absolute atomic E-state index is 12.2. The van der Waals surface area contributed by atoms with Crippen molar-refractivity contribution in [2.45, 2.75) is 17.6 Å². The minimum atomic E-state index is -0.321. The Morgan fingerprint density at radius 1 is 1.03 bits per heavy atom. The number of esters is 1. The molecule has 2 heterocycles. The molecule has 1 aliphatic rings. The lowest BCUT2D eigenvalue weighted by Crippen LogP contribution is -2.11. The van der Waals surface area contributed by atoms with Crippen molar-refractivity contribution >= 4 is 52.4 Å². The van der Waals surface area contributed by atoms with Gasteiger partial charge in [-0.1, -0.05) is 23.7 Å². The molecule has 3 aromatic rings. The summed E-state index contributed by atoms with van der Waals surface area (Å²) in [5.41, 5.74) is 1.95. The van der Waals surface area contributed by atoms with Gasteiger partial charge in [0.15, 0.2) is 0 Å². The molecule has 2 aromatic carbocycles. The topological polar surface area (TPSA) is 48.4 Å². The third-order valence-electron chi connectivity index (χ3n) is 4.11. The van der Waals surface area contributed by atoms with Crippen LogP contribution in [0.3, 0.4) is 0 Å². The molecule has 29 heavy (non-hydrogen) atoms. The molecule has 0 radical (unpaired) electrons. The molecule has 0 aliphatic carbocycles. The van der Waals surface area contributed by atoms with E-state index in [0.29, 0.717) is 27.7 Å². The average Bonchev–Trinajstić information content (AvgIpc) is 3.40. The lowest BCUT2D eigenvalue weighted by atomic mass is 10.2. The van der Waals surface area contributed by atoms with E-state index in [4.69, 9.17) is 21.1 Å². The number of thioether (sulfide) groups is 2. The van der Waals surface area contributed by atoms with Gasteiger partial charge in [-0.25, -0.2) is 4.98 Å². The highest BCUT2D eigenvalue weighted by Gasteiger charge is 2.18. The first-order valence-electron chi connectivity index (χ1n) is 9.01. The summed E-state index contributed by atoms with van der Waals surface area (Å²) in [5.74, 6) is 3.34. The first-order chi connectivity index (χ1) is 14.2. The average molecular weight is 464 g/mol. The Bertz CT molecular complexity index is 954. The second-order valence-electron chi connectivity index (χ2n) is 6.27. The SMILES string of the molecule is O=C(Cc1csc(COc2ccc(Cl)cc2)n1)Oc1ccc(C2SCCS2)cc1. The first kappa shape index (κ1) is 20.6. The van der Waals surface area contributed by atoms with Crippen molar-refractivity contribution in [2.75, 3.05) is 11.5 Å². The summed E-state index contributed by atoms with van der Waals surface area (Å²) in [6.07, 6.45) is 0.132. The molecule has 0 amide bonds. The maximum atomic E-state index is 12.2. The van der Waals surface area contributed by atoms with Crippen molar-refractivity contribution in [3.05, 3.63) is 75.2 Å². The van der Waals surface area contributed by atoms with Gasteiger partial charge in [-0.2, -0.15) is 0 Å². The second kappa shape index (κ2) is 9.89. The molecule has 1 aliphatic heterocycles. The Morgan fingerprint density at radius 3 is 2.45 bits per heavy atom. The van der Waals surface area contributed by atoms with Crippen molar-refractivity contribution in [3.63, 3.8) is 0 Å². The number of thiazole rings is 1. The lowest BCUT2D eigenvalue weighted by Gasteiger charge is -2.09. The van der Waals surface area contributed by atoms with E-state index >= 15 is 0 Å². The summed E-state index contributed by atoms with van der Waals surface area (Å²) in [7, 11) is 0. The van der Waals surface area contributed by atoms with Crippen molar-refractivity contribution in [3.8, 4) is 11.5 Å². The zero-order valence-corrected chi connectivity index (χ0v) is 18.6. The predicted octanol–water partition coefficient (Wildman–Crippen LogP) is 6.00. The van der Waals surface area contributed by atoms with Crippen LogP contribution in [0.2, 0.25) is 5.02 Å². The van der Waals surface area contributed by atoms with Crippen LogP contribution in [0.15, 0.2) is 53.9 Å². The Hall–Kier alpha value is -1.67. The fourth-order valence-corrected chi connectivity index (χ4v) is 6.42. The summed E-state index contributed by atoms with van der Waals surface area (Å²) >= 11 is 11.2. The quantitative estimate of drug-likeness (QED) is 0.316. The van der Waals surface area contributed by atoms with Crippen LogP contribution in [0, 0.1) is 0 Å². The number of carbonyl (C=O) groups is 1. The number of hydrogen-bond donors (Lipinski definition) is 0. The normalized spacial score (nSPS) is 14.1. The van der Waals surface area contributed by atoms with Gasteiger partial charge in [-0.15, -0.1) is 34.9 Å². The van der Waals surface area contributed by atoms with Crippen LogP contribution in [-0.4, -0.2) is 22.5 Å². The smallest absolute Gasteiger partial charge is 0.317 e. The van der Waals surface area contributed by atoms with Crippen LogP contribution in [0.4, 0.5) is 0 Å². The molecule has 0 N–H and O–H groups in total.